The van der Waals surface area contributed by atoms with Crippen LogP contribution in [-0.2, 0) is 19.1 Å². The summed E-state index contributed by atoms with van der Waals surface area (Å²) in [5.41, 5.74) is 0.699. The van der Waals surface area contributed by atoms with Crippen molar-refractivity contribution < 1.29 is 19.1 Å². The number of nitrogens with zero attached hydrogens (tertiary/aromatic N) is 1. The molecule has 5 nitrogen and oxygen atoms in total. The van der Waals surface area contributed by atoms with E-state index < -0.39 is 10.7 Å². The van der Waals surface area contributed by atoms with Crippen molar-refractivity contribution in [3.63, 3.8) is 0 Å². The fourth-order valence-corrected chi connectivity index (χ4v) is 4.91. The highest BCUT2D eigenvalue weighted by atomic mass is 32.2. The number of esters is 2. The number of rotatable bonds is 6. The van der Waals surface area contributed by atoms with E-state index in [4.69, 9.17) is 9.47 Å². The highest BCUT2D eigenvalue weighted by molar-refractivity contribution is 8.01. The average Bonchev–Trinajstić information content (AvgIpc) is 2.63. The summed E-state index contributed by atoms with van der Waals surface area (Å²) in [6, 6.07) is 9.37. The maximum atomic E-state index is 13.2. The van der Waals surface area contributed by atoms with Crippen molar-refractivity contribution in [2.45, 2.75) is 49.8 Å². The summed E-state index contributed by atoms with van der Waals surface area (Å²) in [4.78, 5) is 31.2. The lowest BCUT2D eigenvalue weighted by molar-refractivity contribution is -0.152. The summed E-state index contributed by atoms with van der Waals surface area (Å²) in [7, 11) is 1.36. The standard InChI is InChI=1S/C20H27NO4S/c1-6-12-25-19(23)20(26-16-10-8-7-9-11-16)13(2)17(18(22)24-5)14(3)21-15(20)4/h7-11,13,15,17H,6,12H2,1-5H3. The lowest BCUT2D eigenvalue weighted by Crippen LogP contribution is -2.58. The van der Waals surface area contributed by atoms with Crippen LogP contribution in [0.2, 0.25) is 0 Å². The van der Waals surface area contributed by atoms with Gasteiger partial charge in [-0.15, -0.1) is 11.8 Å². The third kappa shape index (κ3) is 3.80. The molecule has 1 aromatic carbocycles. The van der Waals surface area contributed by atoms with Crippen molar-refractivity contribution in [3.05, 3.63) is 30.3 Å². The maximum absolute atomic E-state index is 13.2. The topological polar surface area (TPSA) is 65.0 Å². The maximum Gasteiger partial charge on any atom is 0.325 e. The zero-order valence-electron chi connectivity index (χ0n) is 16.0. The molecule has 0 amide bonds. The molecule has 4 atom stereocenters. The molecule has 0 saturated carbocycles. The second-order valence-corrected chi connectivity index (χ2v) is 7.93. The molecular weight excluding hydrogens is 350 g/mol. The number of ether oxygens (including phenoxy) is 2. The van der Waals surface area contributed by atoms with E-state index in [-0.39, 0.29) is 23.9 Å². The number of hydrogen-bond acceptors (Lipinski definition) is 6. The van der Waals surface area contributed by atoms with Gasteiger partial charge in [0.05, 0.1) is 25.7 Å². The summed E-state index contributed by atoms with van der Waals surface area (Å²) in [6.07, 6.45) is 0.739. The molecule has 0 saturated heterocycles. The van der Waals surface area contributed by atoms with Gasteiger partial charge in [-0.05, 0) is 32.4 Å². The Kier molecular flexibility index (Phi) is 6.87. The molecule has 26 heavy (non-hydrogen) atoms. The minimum absolute atomic E-state index is 0.321. The van der Waals surface area contributed by atoms with Crippen LogP contribution in [0.5, 0.6) is 0 Å². The van der Waals surface area contributed by atoms with E-state index in [0.717, 1.165) is 11.3 Å². The molecule has 4 unspecified atom stereocenters. The molecule has 0 spiro atoms. The number of carbonyl (C=O) groups excluding carboxylic acids is 2. The van der Waals surface area contributed by atoms with Gasteiger partial charge in [-0.25, -0.2) is 0 Å². The van der Waals surface area contributed by atoms with Gasteiger partial charge in [-0.1, -0.05) is 32.0 Å². The van der Waals surface area contributed by atoms with Gasteiger partial charge in [-0.2, -0.15) is 0 Å². The van der Waals surface area contributed by atoms with Crippen LogP contribution in [-0.4, -0.2) is 42.2 Å². The van der Waals surface area contributed by atoms with Crippen LogP contribution in [0.25, 0.3) is 0 Å². The highest BCUT2D eigenvalue weighted by Gasteiger charge is 2.57. The molecule has 0 radical (unpaired) electrons. The number of hydrogen-bond donors (Lipinski definition) is 0. The molecule has 1 aliphatic heterocycles. The number of methoxy groups -OCH3 is 1. The summed E-state index contributed by atoms with van der Waals surface area (Å²) < 4.78 is 9.56. The SMILES string of the molecule is CCCOC(=O)C1(Sc2ccccc2)C(C)N=C(C)C(C(=O)OC)C1C. The first kappa shape index (κ1) is 20.5. The van der Waals surface area contributed by atoms with Crippen LogP contribution in [0.3, 0.4) is 0 Å². The van der Waals surface area contributed by atoms with Crippen molar-refractivity contribution in [2.24, 2.45) is 16.8 Å². The third-order valence-corrected chi connectivity index (χ3v) is 6.61. The molecule has 0 aliphatic carbocycles. The molecule has 0 N–H and O–H groups in total. The smallest absolute Gasteiger partial charge is 0.325 e. The van der Waals surface area contributed by atoms with Gasteiger partial charge in [0.2, 0.25) is 0 Å². The van der Waals surface area contributed by atoms with E-state index in [1.54, 1.807) is 0 Å². The summed E-state index contributed by atoms with van der Waals surface area (Å²) >= 11 is 1.43. The fourth-order valence-electron chi connectivity index (χ4n) is 3.54. The van der Waals surface area contributed by atoms with Crippen LogP contribution in [0.4, 0.5) is 0 Å². The van der Waals surface area contributed by atoms with Crippen molar-refractivity contribution in [1.29, 1.82) is 0 Å². The molecule has 1 heterocycles. The van der Waals surface area contributed by atoms with Gasteiger partial charge < -0.3 is 9.47 Å². The van der Waals surface area contributed by atoms with Gasteiger partial charge >= 0.3 is 11.9 Å². The number of aliphatic imine (C=N–C) groups is 1. The number of thioether (sulfide) groups is 1. The largest absolute Gasteiger partial charge is 0.469 e. The van der Waals surface area contributed by atoms with Crippen LogP contribution in [0, 0.1) is 11.8 Å². The van der Waals surface area contributed by atoms with Crippen LogP contribution in [0.1, 0.15) is 34.1 Å². The van der Waals surface area contributed by atoms with E-state index in [2.05, 4.69) is 4.99 Å². The van der Waals surface area contributed by atoms with Crippen LogP contribution in [0.15, 0.2) is 40.2 Å². The lowest BCUT2D eigenvalue weighted by atomic mass is 9.74. The monoisotopic (exact) mass is 377 g/mol. The number of benzene rings is 1. The van der Waals surface area contributed by atoms with Crippen molar-refractivity contribution in [2.75, 3.05) is 13.7 Å². The molecule has 6 heteroatoms. The van der Waals surface area contributed by atoms with E-state index in [0.29, 0.717) is 12.3 Å². The summed E-state index contributed by atoms with van der Waals surface area (Å²) in [6.45, 7) is 7.96. The Morgan fingerprint density at radius 2 is 1.88 bits per heavy atom. The van der Waals surface area contributed by atoms with Crippen molar-refractivity contribution in [1.82, 2.24) is 0 Å². The van der Waals surface area contributed by atoms with Crippen molar-refractivity contribution >= 4 is 29.4 Å². The Morgan fingerprint density at radius 3 is 2.46 bits per heavy atom. The zero-order valence-corrected chi connectivity index (χ0v) is 16.8. The van der Waals surface area contributed by atoms with Gasteiger partial charge in [0.1, 0.15) is 4.75 Å². The fraction of sp³-hybridized carbons (Fsp3) is 0.550. The molecule has 0 aromatic heterocycles. The van der Waals surface area contributed by atoms with Crippen LogP contribution < -0.4 is 0 Å². The first-order chi connectivity index (χ1) is 12.4. The van der Waals surface area contributed by atoms with E-state index in [1.165, 1.54) is 18.9 Å². The van der Waals surface area contributed by atoms with Gasteiger partial charge in [0.25, 0.3) is 0 Å². The number of carbonyl (C=O) groups is 2. The minimum Gasteiger partial charge on any atom is -0.469 e. The van der Waals surface area contributed by atoms with E-state index >= 15 is 0 Å². The van der Waals surface area contributed by atoms with Crippen molar-refractivity contribution in [3.8, 4) is 0 Å². The van der Waals surface area contributed by atoms with E-state index in [9.17, 15) is 9.59 Å². The first-order valence-electron chi connectivity index (χ1n) is 8.91. The third-order valence-electron chi connectivity index (χ3n) is 4.89. The summed E-state index contributed by atoms with van der Waals surface area (Å²) in [5, 5.41) is 0. The zero-order chi connectivity index (χ0) is 19.3. The van der Waals surface area contributed by atoms with Gasteiger partial charge in [0.15, 0.2) is 0 Å². The first-order valence-corrected chi connectivity index (χ1v) is 9.73. The Balaban J connectivity index is 2.53. The molecule has 0 bridgehead atoms. The quantitative estimate of drug-likeness (QED) is 0.706. The van der Waals surface area contributed by atoms with E-state index in [1.807, 2.05) is 58.0 Å². The minimum atomic E-state index is -0.991. The predicted molar refractivity (Wildman–Crippen MR) is 104 cm³/mol. The summed E-state index contributed by atoms with van der Waals surface area (Å²) in [5.74, 6) is -1.58. The van der Waals surface area contributed by atoms with Gasteiger partial charge in [-0.3, -0.25) is 14.6 Å². The molecule has 2 rings (SSSR count). The Labute approximate surface area is 159 Å². The molecule has 1 aliphatic rings. The van der Waals surface area contributed by atoms with Gasteiger partial charge in [0, 0.05) is 16.5 Å². The Morgan fingerprint density at radius 1 is 1.23 bits per heavy atom. The molecule has 1 aromatic rings. The average molecular weight is 378 g/mol. The van der Waals surface area contributed by atoms with Crippen LogP contribution >= 0.6 is 11.8 Å². The second-order valence-electron chi connectivity index (χ2n) is 6.58. The lowest BCUT2D eigenvalue weighted by Gasteiger charge is -2.45. The molecule has 0 fully saturated rings. The molecular formula is C20H27NO4S. The normalized spacial score (nSPS) is 28.2. The Hall–Kier alpha value is -1.82. The highest BCUT2D eigenvalue weighted by Crippen LogP contribution is 2.49. The Bertz CT molecular complexity index is 676. The predicted octanol–water partition coefficient (Wildman–Crippen LogP) is 3.76. The second kappa shape index (κ2) is 8.71. The molecule has 142 valence electrons.